The smallest absolute Gasteiger partial charge is 0.326 e. The Kier molecular flexibility index (Phi) is 5.59. The normalized spacial score (nSPS) is 28.7. The molecule has 1 heterocycles. The third-order valence-electron chi connectivity index (χ3n) is 6.20. The first-order valence-corrected chi connectivity index (χ1v) is 9.84. The Bertz CT molecular complexity index is 724. The van der Waals surface area contributed by atoms with Gasteiger partial charge in [0.05, 0.1) is 6.07 Å². The maximum atomic E-state index is 12.8. The van der Waals surface area contributed by atoms with Crippen molar-refractivity contribution in [2.45, 2.75) is 69.4 Å². The molecule has 3 fully saturated rings. The molecule has 0 bridgehead atoms. The Balaban J connectivity index is 1.52. The van der Waals surface area contributed by atoms with E-state index in [1.54, 1.807) is 0 Å². The van der Waals surface area contributed by atoms with Crippen molar-refractivity contribution >= 4 is 23.8 Å². The van der Waals surface area contributed by atoms with Crippen molar-refractivity contribution in [3.05, 3.63) is 0 Å². The van der Waals surface area contributed by atoms with Crippen molar-refractivity contribution in [1.29, 1.82) is 5.26 Å². The average Bonchev–Trinajstić information content (AvgIpc) is 3.22. The lowest BCUT2D eigenvalue weighted by Crippen LogP contribution is -2.54. The Morgan fingerprint density at radius 1 is 1.25 bits per heavy atom. The fourth-order valence-corrected chi connectivity index (χ4v) is 4.51. The van der Waals surface area contributed by atoms with Crippen LogP contribution in [-0.2, 0) is 19.1 Å². The van der Waals surface area contributed by atoms with Gasteiger partial charge in [0, 0.05) is 0 Å². The Morgan fingerprint density at radius 2 is 1.93 bits per heavy atom. The lowest BCUT2D eigenvalue weighted by atomic mass is 9.73. The van der Waals surface area contributed by atoms with E-state index in [0.717, 1.165) is 37.0 Å². The predicted octanol–water partition coefficient (Wildman–Crippen LogP) is 0.983. The van der Waals surface area contributed by atoms with E-state index in [-0.39, 0.29) is 5.92 Å². The molecule has 2 aliphatic carbocycles. The molecule has 9 nitrogen and oxygen atoms in total. The third kappa shape index (κ3) is 3.68. The lowest BCUT2D eigenvalue weighted by molar-refractivity contribution is -0.151. The van der Waals surface area contributed by atoms with E-state index in [4.69, 9.17) is 4.74 Å². The molecule has 0 aromatic heterocycles. The molecule has 2 atom stereocenters. The quantitative estimate of drug-likeness (QED) is 0.532. The van der Waals surface area contributed by atoms with E-state index in [1.165, 1.54) is 0 Å². The van der Waals surface area contributed by atoms with Crippen LogP contribution in [0.5, 0.6) is 0 Å². The molecule has 1 aliphatic heterocycles. The molecule has 3 rings (SSSR count). The molecule has 1 spiro atoms. The van der Waals surface area contributed by atoms with Gasteiger partial charge in [-0.2, -0.15) is 5.26 Å². The van der Waals surface area contributed by atoms with Gasteiger partial charge in [0.15, 0.2) is 6.61 Å². The fourth-order valence-electron chi connectivity index (χ4n) is 4.51. The van der Waals surface area contributed by atoms with Gasteiger partial charge in [0.2, 0.25) is 0 Å². The SMILES string of the molecule is C[C@H]1CCCC[C@@]12NC(=O)N(CC(=O)OCC(=O)NC1(C#N)CCCC1)C2=O. The van der Waals surface area contributed by atoms with Crippen molar-refractivity contribution in [2.24, 2.45) is 5.92 Å². The van der Waals surface area contributed by atoms with Gasteiger partial charge in [-0.3, -0.25) is 19.3 Å². The number of carbonyl (C=O) groups is 4. The van der Waals surface area contributed by atoms with E-state index >= 15 is 0 Å². The van der Waals surface area contributed by atoms with Crippen LogP contribution >= 0.6 is 0 Å². The van der Waals surface area contributed by atoms with Crippen LogP contribution in [0, 0.1) is 17.2 Å². The van der Waals surface area contributed by atoms with Gasteiger partial charge < -0.3 is 15.4 Å². The summed E-state index contributed by atoms with van der Waals surface area (Å²) in [5.41, 5.74) is -1.83. The molecule has 4 amide bonds. The molecule has 1 saturated heterocycles. The fraction of sp³-hybridized carbons (Fsp3) is 0.737. The summed E-state index contributed by atoms with van der Waals surface area (Å²) in [6, 6.07) is 1.52. The number of rotatable bonds is 5. The van der Waals surface area contributed by atoms with Crippen molar-refractivity contribution < 1.29 is 23.9 Å². The largest absolute Gasteiger partial charge is 0.454 e. The van der Waals surface area contributed by atoms with Crippen LogP contribution in [0.25, 0.3) is 0 Å². The molecule has 2 N–H and O–H groups in total. The first kappa shape index (κ1) is 20.1. The van der Waals surface area contributed by atoms with E-state index in [2.05, 4.69) is 16.7 Å². The topological polar surface area (TPSA) is 129 Å². The van der Waals surface area contributed by atoms with Crippen LogP contribution in [0.1, 0.15) is 58.3 Å². The summed E-state index contributed by atoms with van der Waals surface area (Å²) >= 11 is 0. The zero-order chi connectivity index (χ0) is 20.4. The van der Waals surface area contributed by atoms with E-state index in [1.807, 2.05) is 6.92 Å². The molecular weight excluding hydrogens is 364 g/mol. The number of nitrogens with zero attached hydrogens (tertiary/aromatic N) is 2. The van der Waals surface area contributed by atoms with Crippen molar-refractivity contribution in [3.8, 4) is 6.07 Å². The van der Waals surface area contributed by atoms with Gasteiger partial charge in [-0.25, -0.2) is 4.79 Å². The Hall–Kier alpha value is -2.63. The highest BCUT2D eigenvalue weighted by atomic mass is 16.5. The minimum atomic E-state index is -0.936. The number of hydrogen-bond donors (Lipinski definition) is 2. The number of amides is 4. The van der Waals surface area contributed by atoms with Crippen LogP contribution in [0.3, 0.4) is 0 Å². The van der Waals surface area contributed by atoms with Gasteiger partial charge in [-0.1, -0.05) is 19.8 Å². The summed E-state index contributed by atoms with van der Waals surface area (Å²) in [5, 5.41) is 14.7. The number of nitriles is 1. The van der Waals surface area contributed by atoms with Crippen LogP contribution in [0.2, 0.25) is 0 Å². The molecule has 3 aliphatic rings. The van der Waals surface area contributed by atoms with Gasteiger partial charge >= 0.3 is 12.0 Å². The third-order valence-corrected chi connectivity index (χ3v) is 6.20. The Labute approximate surface area is 163 Å². The lowest BCUT2D eigenvalue weighted by Gasteiger charge is -2.36. The first-order chi connectivity index (χ1) is 13.3. The molecule has 0 aromatic rings. The van der Waals surface area contributed by atoms with E-state index < -0.39 is 48.0 Å². The number of urea groups is 1. The van der Waals surface area contributed by atoms with Crippen LogP contribution in [-0.4, -0.2) is 52.9 Å². The summed E-state index contributed by atoms with van der Waals surface area (Å²) in [4.78, 5) is 50.0. The molecule has 28 heavy (non-hydrogen) atoms. The highest BCUT2D eigenvalue weighted by Gasteiger charge is 2.55. The van der Waals surface area contributed by atoms with Crippen LogP contribution in [0.4, 0.5) is 4.79 Å². The minimum absolute atomic E-state index is 0.00178. The number of nitrogens with one attached hydrogen (secondary N) is 2. The number of carbonyl (C=O) groups excluding carboxylic acids is 4. The van der Waals surface area contributed by atoms with Gasteiger partial charge in [0.1, 0.15) is 17.6 Å². The maximum absolute atomic E-state index is 12.8. The van der Waals surface area contributed by atoms with Crippen molar-refractivity contribution in [2.75, 3.05) is 13.2 Å². The summed E-state index contributed by atoms with van der Waals surface area (Å²) in [5.74, 6) is -1.80. The second-order valence-corrected chi connectivity index (χ2v) is 8.05. The van der Waals surface area contributed by atoms with Gasteiger partial charge in [-0.05, 0) is 44.4 Å². The first-order valence-electron chi connectivity index (χ1n) is 9.84. The zero-order valence-electron chi connectivity index (χ0n) is 16.1. The number of imide groups is 1. The summed E-state index contributed by atoms with van der Waals surface area (Å²) < 4.78 is 4.93. The molecule has 0 aromatic carbocycles. The van der Waals surface area contributed by atoms with Crippen molar-refractivity contribution in [3.63, 3.8) is 0 Å². The molecule has 0 radical (unpaired) electrons. The molecule has 9 heteroatoms. The molecule has 2 saturated carbocycles. The zero-order valence-corrected chi connectivity index (χ0v) is 16.1. The summed E-state index contributed by atoms with van der Waals surface area (Å²) in [7, 11) is 0. The average molecular weight is 390 g/mol. The van der Waals surface area contributed by atoms with E-state index in [0.29, 0.717) is 19.3 Å². The monoisotopic (exact) mass is 390 g/mol. The molecular formula is C19H26N4O5. The second kappa shape index (κ2) is 7.78. The Morgan fingerprint density at radius 3 is 2.57 bits per heavy atom. The van der Waals surface area contributed by atoms with Crippen LogP contribution in [0.15, 0.2) is 0 Å². The minimum Gasteiger partial charge on any atom is -0.454 e. The number of esters is 1. The summed E-state index contributed by atoms with van der Waals surface area (Å²) in [6.45, 7) is 0.848. The van der Waals surface area contributed by atoms with Crippen molar-refractivity contribution in [1.82, 2.24) is 15.5 Å². The van der Waals surface area contributed by atoms with Gasteiger partial charge in [-0.15, -0.1) is 0 Å². The highest BCUT2D eigenvalue weighted by molar-refractivity contribution is 6.09. The number of hydrogen-bond acceptors (Lipinski definition) is 6. The van der Waals surface area contributed by atoms with E-state index in [9.17, 15) is 24.4 Å². The highest BCUT2D eigenvalue weighted by Crippen LogP contribution is 2.38. The second-order valence-electron chi connectivity index (χ2n) is 8.05. The summed E-state index contributed by atoms with van der Waals surface area (Å²) in [6.07, 6.45) is 6.12. The number of ether oxygens (including phenoxy) is 1. The molecule has 152 valence electrons. The van der Waals surface area contributed by atoms with Gasteiger partial charge in [0.25, 0.3) is 11.8 Å². The standard InChI is InChI=1S/C19H26N4O5/c1-13-6-2-3-9-19(13)16(26)23(17(27)22-19)10-15(25)28-11-14(24)21-18(12-20)7-4-5-8-18/h13H,2-11H2,1H3,(H,21,24)(H,22,27)/t13-,19+/m0/s1. The maximum Gasteiger partial charge on any atom is 0.326 e. The van der Waals surface area contributed by atoms with Crippen LogP contribution < -0.4 is 10.6 Å². The predicted molar refractivity (Wildman–Crippen MR) is 96.5 cm³/mol. The molecule has 0 unspecified atom stereocenters.